The molecule has 0 aliphatic rings. The predicted octanol–water partition coefficient (Wildman–Crippen LogP) is 1.21. The van der Waals surface area contributed by atoms with Gasteiger partial charge in [0.1, 0.15) is 5.82 Å². The maximum atomic E-state index is 12.2. The molecule has 6 nitrogen and oxygen atoms in total. The fourth-order valence-electron chi connectivity index (χ4n) is 1.79. The SMILES string of the molecule is CCCNc1ncccc1C(=O)NCCN(C)CCOC. The quantitative estimate of drug-likeness (QED) is 0.679. The van der Waals surface area contributed by atoms with Crippen molar-refractivity contribution in [1.29, 1.82) is 0 Å². The molecule has 0 fully saturated rings. The lowest BCUT2D eigenvalue weighted by Crippen LogP contribution is -2.34. The van der Waals surface area contributed by atoms with Gasteiger partial charge in [-0.1, -0.05) is 6.92 Å². The molecule has 6 heteroatoms. The highest BCUT2D eigenvalue weighted by atomic mass is 16.5. The molecular weight excluding hydrogens is 268 g/mol. The molecule has 1 aromatic rings. The highest BCUT2D eigenvalue weighted by Gasteiger charge is 2.11. The lowest BCUT2D eigenvalue weighted by molar-refractivity contribution is 0.0948. The summed E-state index contributed by atoms with van der Waals surface area (Å²) in [4.78, 5) is 18.5. The van der Waals surface area contributed by atoms with Gasteiger partial charge in [0.2, 0.25) is 0 Å². The molecule has 0 bridgehead atoms. The maximum absolute atomic E-state index is 12.2. The van der Waals surface area contributed by atoms with Gasteiger partial charge in [-0.25, -0.2) is 4.98 Å². The van der Waals surface area contributed by atoms with Crippen molar-refractivity contribution in [1.82, 2.24) is 15.2 Å². The fraction of sp³-hybridized carbons (Fsp3) is 0.600. The molecule has 21 heavy (non-hydrogen) atoms. The summed E-state index contributed by atoms with van der Waals surface area (Å²) in [6, 6.07) is 3.56. The van der Waals surface area contributed by atoms with Crippen LogP contribution >= 0.6 is 0 Å². The van der Waals surface area contributed by atoms with E-state index in [1.807, 2.05) is 7.05 Å². The first-order valence-corrected chi connectivity index (χ1v) is 7.33. The van der Waals surface area contributed by atoms with Gasteiger partial charge in [-0.3, -0.25) is 4.79 Å². The number of amides is 1. The Hall–Kier alpha value is -1.66. The van der Waals surface area contributed by atoms with Crippen LogP contribution in [-0.4, -0.2) is 62.7 Å². The number of ether oxygens (including phenoxy) is 1. The molecule has 0 saturated heterocycles. The maximum Gasteiger partial charge on any atom is 0.255 e. The Bertz CT molecular complexity index is 426. The Kier molecular flexibility index (Phi) is 8.38. The molecule has 0 radical (unpaired) electrons. The van der Waals surface area contributed by atoms with Crippen LogP contribution in [0.4, 0.5) is 5.82 Å². The van der Waals surface area contributed by atoms with Crippen LogP contribution in [0.3, 0.4) is 0 Å². The average molecular weight is 294 g/mol. The average Bonchev–Trinajstić information content (AvgIpc) is 2.51. The molecule has 1 heterocycles. The second kappa shape index (κ2) is 10.1. The molecule has 0 atom stereocenters. The third-order valence-corrected chi connectivity index (χ3v) is 3.05. The lowest BCUT2D eigenvalue weighted by Gasteiger charge is -2.16. The lowest BCUT2D eigenvalue weighted by atomic mass is 10.2. The number of carbonyl (C=O) groups excluding carboxylic acids is 1. The second-order valence-corrected chi connectivity index (χ2v) is 4.88. The van der Waals surface area contributed by atoms with E-state index in [0.29, 0.717) is 24.5 Å². The molecule has 1 amide bonds. The van der Waals surface area contributed by atoms with Gasteiger partial charge < -0.3 is 20.3 Å². The normalized spacial score (nSPS) is 10.7. The van der Waals surface area contributed by atoms with Crippen LogP contribution in [0.25, 0.3) is 0 Å². The Morgan fingerprint density at radius 3 is 2.90 bits per heavy atom. The summed E-state index contributed by atoms with van der Waals surface area (Å²) in [5, 5.41) is 6.09. The Morgan fingerprint density at radius 2 is 2.19 bits per heavy atom. The van der Waals surface area contributed by atoms with E-state index >= 15 is 0 Å². The van der Waals surface area contributed by atoms with Crippen molar-refractivity contribution < 1.29 is 9.53 Å². The molecule has 2 N–H and O–H groups in total. The first-order valence-electron chi connectivity index (χ1n) is 7.33. The molecule has 0 aliphatic carbocycles. The van der Waals surface area contributed by atoms with E-state index in [4.69, 9.17) is 4.74 Å². The summed E-state index contributed by atoms with van der Waals surface area (Å²) in [5.74, 6) is 0.548. The van der Waals surface area contributed by atoms with E-state index < -0.39 is 0 Å². The fourth-order valence-corrected chi connectivity index (χ4v) is 1.79. The summed E-state index contributed by atoms with van der Waals surface area (Å²) in [6.45, 7) is 5.80. The minimum Gasteiger partial charge on any atom is -0.383 e. The highest BCUT2D eigenvalue weighted by Crippen LogP contribution is 2.10. The topological polar surface area (TPSA) is 66.5 Å². The van der Waals surface area contributed by atoms with Gasteiger partial charge in [0.05, 0.1) is 12.2 Å². The van der Waals surface area contributed by atoms with Crippen LogP contribution in [0, 0.1) is 0 Å². The molecule has 1 rings (SSSR count). The van der Waals surface area contributed by atoms with E-state index in [0.717, 1.165) is 26.1 Å². The number of aromatic nitrogens is 1. The van der Waals surface area contributed by atoms with Crippen molar-refractivity contribution in [2.24, 2.45) is 0 Å². The van der Waals surface area contributed by atoms with E-state index in [-0.39, 0.29) is 5.91 Å². The zero-order chi connectivity index (χ0) is 15.5. The van der Waals surface area contributed by atoms with Gasteiger partial charge in [-0.2, -0.15) is 0 Å². The van der Waals surface area contributed by atoms with Gasteiger partial charge in [0, 0.05) is 39.5 Å². The molecule has 0 spiro atoms. The number of anilines is 1. The number of nitrogens with one attached hydrogen (secondary N) is 2. The summed E-state index contributed by atoms with van der Waals surface area (Å²) >= 11 is 0. The smallest absolute Gasteiger partial charge is 0.255 e. The van der Waals surface area contributed by atoms with Crippen molar-refractivity contribution in [3.63, 3.8) is 0 Å². The van der Waals surface area contributed by atoms with E-state index in [9.17, 15) is 4.79 Å². The minimum atomic E-state index is -0.0955. The first kappa shape index (κ1) is 17.4. The van der Waals surface area contributed by atoms with Crippen molar-refractivity contribution in [3.8, 4) is 0 Å². The summed E-state index contributed by atoms with van der Waals surface area (Å²) in [5.41, 5.74) is 0.588. The number of pyridine rings is 1. The van der Waals surface area contributed by atoms with Crippen LogP contribution < -0.4 is 10.6 Å². The molecule has 1 aromatic heterocycles. The molecular formula is C15H26N4O2. The summed E-state index contributed by atoms with van der Waals surface area (Å²) in [6.07, 6.45) is 2.68. The van der Waals surface area contributed by atoms with Crippen LogP contribution in [0.1, 0.15) is 23.7 Å². The van der Waals surface area contributed by atoms with E-state index in [2.05, 4.69) is 27.4 Å². The Morgan fingerprint density at radius 1 is 1.38 bits per heavy atom. The summed E-state index contributed by atoms with van der Waals surface area (Å²) < 4.78 is 5.02. The number of carbonyl (C=O) groups is 1. The molecule has 0 aromatic carbocycles. The Labute approximate surface area is 126 Å². The third-order valence-electron chi connectivity index (χ3n) is 3.05. The van der Waals surface area contributed by atoms with Gasteiger partial charge in [0.15, 0.2) is 0 Å². The predicted molar refractivity (Wildman–Crippen MR) is 84.7 cm³/mol. The van der Waals surface area contributed by atoms with E-state index in [1.54, 1.807) is 25.4 Å². The zero-order valence-electron chi connectivity index (χ0n) is 13.2. The largest absolute Gasteiger partial charge is 0.383 e. The molecule has 118 valence electrons. The van der Waals surface area contributed by atoms with Crippen LogP contribution in [0.5, 0.6) is 0 Å². The molecule has 0 aliphatic heterocycles. The van der Waals surface area contributed by atoms with Gasteiger partial charge in [-0.05, 0) is 25.6 Å². The zero-order valence-corrected chi connectivity index (χ0v) is 13.2. The van der Waals surface area contributed by atoms with Crippen molar-refractivity contribution in [2.75, 3.05) is 52.3 Å². The molecule has 0 unspecified atom stereocenters. The van der Waals surface area contributed by atoms with Crippen LogP contribution in [0.15, 0.2) is 18.3 Å². The first-order chi connectivity index (χ1) is 10.2. The van der Waals surface area contributed by atoms with E-state index in [1.165, 1.54) is 0 Å². The van der Waals surface area contributed by atoms with Gasteiger partial charge >= 0.3 is 0 Å². The standard InChI is InChI=1S/C15H26N4O2/c1-4-7-16-14-13(6-5-8-17-14)15(20)18-9-10-19(2)11-12-21-3/h5-6,8H,4,7,9-12H2,1-3H3,(H,16,17)(H,18,20). The number of rotatable bonds is 10. The van der Waals surface area contributed by atoms with Crippen LogP contribution in [0.2, 0.25) is 0 Å². The monoisotopic (exact) mass is 294 g/mol. The number of hydrogen-bond acceptors (Lipinski definition) is 5. The number of hydrogen-bond donors (Lipinski definition) is 2. The summed E-state index contributed by atoms with van der Waals surface area (Å²) in [7, 11) is 3.69. The van der Waals surface area contributed by atoms with Crippen molar-refractivity contribution >= 4 is 11.7 Å². The van der Waals surface area contributed by atoms with Gasteiger partial charge in [0.25, 0.3) is 5.91 Å². The third kappa shape index (κ3) is 6.55. The number of likely N-dealkylation sites (N-methyl/N-ethyl adjacent to an activating group) is 1. The number of nitrogens with zero attached hydrogens (tertiary/aromatic N) is 2. The number of methoxy groups -OCH3 is 1. The van der Waals surface area contributed by atoms with Gasteiger partial charge in [-0.15, -0.1) is 0 Å². The Balaban J connectivity index is 2.44. The van der Waals surface area contributed by atoms with Crippen LogP contribution in [-0.2, 0) is 4.74 Å². The van der Waals surface area contributed by atoms with Crippen molar-refractivity contribution in [2.45, 2.75) is 13.3 Å². The molecule has 0 saturated carbocycles. The van der Waals surface area contributed by atoms with Crippen molar-refractivity contribution in [3.05, 3.63) is 23.9 Å². The second-order valence-electron chi connectivity index (χ2n) is 4.88. The highest BCUT2D eigenvalue weighted by molar-refractivity contribution is 5.98. The minimum absolute atomic E-state index is 0.0955.